The van der Waals surface area contributed by atoms with Gasteiger partial charge in [-0.3, -0.25) is 0 Å². The van der Waals surface area contributed by atoms with E-state index in [4.69, 9.17) is 11.6 Å². The van der Waals surface area contributed by atoms with Gasteiger partial charge in [-0.25, -0.2) is 9.97 Å². The summed E-state index contributed by atoms with van der Waals surface area (Å²) in [5.41, 5.74) is 1.12. The van der Waals surface area contributed by atoms with Gasteiger partial charge >= 0.3 is 0 Å². The Hall–Kier alpha value is -0.650. The normalized spacial score (nSPS) is 10.5. The Bertz CT molecular complexity index is 515. The van der Waals surface area contributed by atoms with Crippen molar-refractivity contribution in [2.45, 2.75) is 13.3 Å². The van der Waals surface area contributed by atoms with Crippen LogP contribution >= 0.6 is 38.9 Å². The molecule has 1 N–H and O–H groups in total. The van der Waals surface area contributed by atoms with Gasteiger partial charge in [0.15, 0.2) is 0 Å². The van der Waals surface area contributed by atoms with Crippen LogP contribution in [0, 0.1) is 6.92 Å². The highest BCUT2D eigenvalue weighted by Crippen LogP contribution is 2.23. The van der Waals surface area contributed by atoms with Crippen LogP contribution in [-0.4, -0.2) is 16.5 Å². The minimum atomic E-state index is 0.623. The van der Waals surface area contributed by atoms with E-state index in [1.807, 2.05) is 13.0 Å². The molecule has 3 nitrogen and oxygen atoms in total. The van der Waals surface area contributed by atoms with Crippen LogP contribution in [0.25, 0.3) is 0 Å². The Morgan fingerprint density at radius 2 is 2.35 bits per heavy atom. The lowest BCUT2D eigenvalue weighted by Gasteiger charge is -2.06. The molecule has 2 aromatic heterocycles. The zero-order valence-corrected chi connectivity index (χ0v) is 12.4. The number of aryl methyl sites for hydroxylation is 1. The maximum absolute atomic E-state index is 5.82. The molecule has 0 bridgehead atoms. The van der Waals surface area contributed by atoms with Gasteiger partial charge in [-0.05, 0) is 28.9 Å². The molecule has 90 valence electrons. The Morgan fingerprint density at radius 3 is 3.00 bits per heavy atom. The minimum Gasteiger partial charge on any atom is -0.369 e. The molecule has 17 heavy (non-hydrogen) atoms. The molecule has 0 saturated heterocycles. The molecule has 0 fully saturated rings. The molecule has 2 aromatic rings. The molecule has 0 saturated carbocycles. The molecular formula is C11H11BrClN3S. The molecule has 0 spiro atoms. The molecule has 0 atom stereocenters. The molecule has 0 amide bonds. The van der Waals surface area contributed by atoms with Crippen LogP contribution in [0.15, 0.2) is 22.1 Å². The predicted octanol–water partition coefficient (Wildman–Crippen LogP) is 3.92. The van der Waals surface area contributed by atoms with E-state index in [1.54, 1.807) is 17.5 Å². The number of nitrogens with one attached hydrogen (secondary N) is 1. The highest BCUT2D eigenvalue weighted by Gasteiger charge is 2.02. The van der Waals surface area contributed by atoms with Crippen molar-refractivity contribution in [1.29, 1.82) is 0 Å². The number of halogens is 2. The molecule has 0 aliphatic carbocycles. The van der Waals surface area contributed by atoms with Crippen LogP contribution in [0.5, 0.6) is 0 Å². The largest absolute Gasteiger partial charge is 0.369 e. The van der Waals surface area contributed by atoms with Gasteiger partial charge in [0.25, 0.3) is 0 Å². The number of hydrogen-bond donors (Lipinski definition) is 1. The standard InChI is InChI=1S/C11H11BrClN3S/c1-7-16-9(6-17-7)2-3-14-11-10(12)4-8(13)5-15-11/h4-6H,2-3H2,1H3,(H,14,15). The summed E-state index contributed by atoms with van der Waals surface area (Å²) >= 11 is 10.9. The predicted molar refractivity (Wildman–Crippen MR) is 76.0 cm³/mol. The fourth-order valence-electron chi connectivity index (χ4n) is 1.38. The quantitative estimate of drug-likeness (QED) is 0.922. The summed E-state index contributed by atoms with van der Waals surface area (Å²) in [6.45, 7) is 2.81. The van der Waals surface area contributed by atoms with Gasteiger partial charge in [0.05, 0.1) is 20.2 Å². The molecule has 0 aromatic carbocycles. The zero-order valence-electron chi connectivity index (χ0n) is 9.20. The summed E-state index contributed by atoms with van der Waals surface area (Å²) < 4.78 is 0.874. The Morgan fingerprint density at radius 1 is 1.53 bits per heavy atom. The van der Waals surface area contributed by atoms with Crippen molar-refractivity contribution in [3.63, 3.8) is 0 Å². The maximum atomic E-state index is 5.82. The van der Waals surface area contributed by atoms with Crippen molar-refractivity contribution in [3.8, 4) is 0 Å². The first-order chi connectivity index (χ1) is 8.15. The SMILES string of the molecule is Cc1nc(CCNc2ncc(Cl)cc2Br)cs1. The molecule has 6 heteroatoms. The lowest BCUT2D eigenvalue weighted by atomic mass is 10.3. The van der Waals surface area contributed by atoms with Crippen LogP contribution in [-0.2, 0) is 6.42 Å². The monoisotopic (exact) mass is 331 g/mol. The van der Waals surface area contributed by atoms with Gasteiger partial charge < -0.3 is 5.32 Å². The van der Waals surface area contributed by atoms with E-state index in [9.17, 15) is 0 Å². The summed E-state index contributed by atoms with van der Waals surface area (Å²) in [5, 5.41) is 7.06. The number of hydrogen-bond acceptors (Lipinski definition) is 4. The smallest absolute Gasteiger partial charge is 0.140 e. The van der Waals surface area contributed by atoms with E-state index in [1.165, 1.54) is 0 Å². The first kappa shape index (κ1) is 12.8. The Balaban J connectivity index is 1.90. The van der Waals surface area contributed by atoms with E-state index < -0.39 is 0 Å². The lowest BCUT2D eigenvalue weighted by molar-refractivity contribution is 0.959. The lowest BCUT2D eigenvalue weighted by Crippen LogP contribution is -2.07. The number of nitrogens with zero attached hydrogens (tertiary/aromatic N) is 2. The van der Waals surface area contributed by atoms with Gasteiger partial charge in [-0.1, -0.05) is 11.6 Å². The summed E-state index contributed by atoms with van der Waals surface area (Å²) in [6, 6.07) is 1.82. The summed E-state index contributed by atoms with van der Waals surface area (Å²) in [5.74, 6) is 0.807. The van der Waals surface area contributed by atoms with Crippen molar-refractivity contribution >= 4 is 44.7 Å². The van der Waals surface area contributed by atoms with Crippen LogP contribution < -0.4 is 5.32 Å². The van der Waals surface area contributed by atoms with E-state index in [0.717, 1.165) is 34.0 Å². The van der Waals surface area contributed by atoms with Crippen molar-refractivity contribution in [2.24, 2.45) is 0 Å². The van der Waals surface area contributed by atoms with E-state index >= 15 is 0 Å². The van der Waals surface area contributed by atoms with Gasteiger partial charge in [-0.2, -0.15) is 0 Å². The number of rotatable bonds is 4. The topological polar surface area (TPSA) is 37.8 Å². The summed E-state index contributed by atoms with van der Waals surface area (Å²) in [6.07, 6.45) is 2.52. The van der Waals surface area contributed by atoms with Crippen LogP contribution in [0.4, 0.5) is 5.82 Å². The average molecular weight is 333 g/mol. The minimum absolute atomic E-state index is 0.623. The fourth-order valence-corrected chi connectivity index (χ4v) is 2.80. The fraction of sp³-hybridized carbons (Fsp3) is 0.273. The second-order valence-corrected chi connectivity index (χ2v) is 5.87. The Kier molecular flexibility index (Phi) is 4.36. The first-order valence-corrected chi connectivity index (χ1v) is 7.16. The van der Waals surface area contributed by atoms with Crippen molar-refractivity contribution < 1.29 is 0 Å². The van der Waals surface area contributed by atoms with Crippen molar-refractivity contribution in [1.82, 2.24) is 9.97 Å². The van der Waals surface area contributed by atoms with Crippen molar-refractivity contribution in [2.75, 3.05) is 11.9 Å². The second-order valence-electron chi connectivity index (χ2n) is 3.52. The van der Waals surface area contributed by atoms with Crippen LogP contribution in [0.1, 0.15) is 10.7 Å². The van der Waals surface area contributed by atoms with Gasteiger partial charge in [0, 0.05) is 24.5 Å². The maximum Gasteiger partial charge on any atom is 0.140 e. The molecule has 0 aliphatic rings. The molecular weight excluding hydrogens is 322 g/mol. The summed E-state index contributed by atoms with van der Waals surface area (Å²) in [7, 11) is 0. The highest BCUT2D eigenvalue weighted by atomic mass is 79.9. The molecule has 0 radical (unpaired) electrons. The molecule has 2 rings (SSSR count). The zero-order chi connectivity index (χ0) is 12.3. The second kappa shape index (κ2) is 5.80. The van der Waals surface area contributed by atoms with E-state index in [-0.39, 0.29) is 0 Å². The van der Waals surface area contributed by atoms with Gasteiger partial charge in [-0.15, -0.1) is 11.3 Å². The van der Waals surface area contributed by atoms with Gasteiger partial charge in [0.2, 0.25) is 0 Å². The van der Waals surface area contributed by atoms with Crippen molar-refractivity contribution in [3.05, 3.63) is 37.8 Å². The molecule has 0 aliphatic heterocycles. The van der Waals surface area contributed by atoms with E-state index in [2.05, 4.69) is 36.6 Å². The third kappa shape index (κ3) is 3.66. The number of aromatic nitrogens is 2. The van der Waals surface area contributed by atoms with E-state index in [0.29, 0.717) is 5.02 Å². The molecule has 0 unspecified atom stereocenters. The first-order valence-electron chi connectivity index (χ1n) is 5.11. The molecule has 2 heterocycles. The van der Waals surface area contributed by atoms with Crippen LogP contribution in [0.3, 0.4) is 0 Å². The van der Waals surface area contributed by atoms with Gasteiger partial charge in [0.1, 0.15) is 5.82 Å². The highest BCUT2D eigenvalue weighted by molar-refractivity contribution is 9.10. The number of anilines is 1. The number of pyridine rings is 1. The third-order valence-corrected chi connectivity index (χ3v) is 3.78. The third-order valence-electron chi connectivity index (χ3n) is 2.15. The number of thiazole rings is 1. The summed E-state index contributed by atoms with van der Waals surface area (Å²) in [4.78, 5) is 8.61. The van der Waals surface area contributed by atoms with Crippen LogP contribution in [0.2, 0.25) is 5.02 Å². The Labute approximate surface area is 117 Å². The average Bonchev–Trinajstić information content (AvgIpc) is 2.68.